The number of imide groups is 2. The molecule has 0 bridgehead atoms. The number of halogens is 3. The molecule has 44 heavy (non-hydrogen) atoms. The highest BCUT2D eigenvalue weighted by Gasteiger charge is 2.38. The average molecular weight is 637 g/mol. The zero-order chi connectivity index (χ0) is 34.1. The largest absolute Gasteiger partial charge is 0.490 e. The third-order valence-electron chi connectivity index (χ3n) is 5.56. The van der Waals surface area contributed by atoms with E-state index in [2.05, 4.69) is 19.2 Å². The summed E-state index contributed by atoms with van der Waals surface area (Å²) < 4.78 is 31.7. The Morgan fingerprint density at radius 1 is 0.727 bits per heavy atom. The molecule has 0 fully saturated rings. The van der Waals surface area contributed by atoms with Crippen molar-refractivity contribution in [3.8, 4) is 0 Å². The zero-order valence-electron chi connectivity index (χ0n) is 25.1. The second-order valence-electron chi connectivity index (χ2n) is 9.28. The SMILES string of the molecule is CCCCCCC(=O)NCCN1C(=O)C=CC1=O.CCCCCCC(=O)O.NCCN1C(=O)C=CC1=O.O=C(O)C(F)(F)F. The van der Waals surface area contributed by atoms with Crippen LogP contribution in [0.25, 0.3) is 0 Å². The number of nitrogens with two attached hydrogens (primary N) is 1. The number of amides is 5. The Labute approximate surface area is 254 Å². The quantitative estimate of drug-likeness (QED) is 0.153. The van der Waals surface area contributed by atoms with E-state index in [1.54, 1.807) is 0 Å². The lowest BCUT2D eigenvalue weighted by atomic mass is 10.1. The van der Waals surface area contributed by atoms with E-state index in [9.17, 15) is 41.9 Å². The average Bonchev–Trinajstić information content (AvgIpc) is 3.44. The summed E-state index contributed by atoms with van der Waals surface area (Å²) in [6.07, 6.45) is 9.22. The summed E-state index contributed by atoms with van der Waals surface area (Å²) in [5, 5.41) is 18.1. The lowest BCUT2D eigenvalue weighted by Gasteiger charge is -2.13. The van der Waals surface area contributed by atoms with E-state index in [4.69, 9.17) is 20.7 Å². The topological polar surface area (TPSA) is 204 Å². The van der Waals surface area contributed by atoms with Gasteiger partial charge in [0.2, 0.25) is 5.91 Å². The number of carboxylic acids is 2. The van der Waals surface area contributed by atoms with Crippen molar-refractivity contribution in [1.82, 2.24) is 15.1 Å². The van der Waals surface area contributed by atoms with Gasteiger partial charge in [-0.25, -0.2) is 4.79 Å². The maximum atomic E-state index is 11.4. The summed E-state index contributed by atoms with van der Waals surface area (Å²) in [7, 11) is 0. The van der Waals surface area contributed by atoms with Crippen molar-refractivity contribution in [3.05, 3.63) is 24.3 Å². The minimum absolute atomic E-state index is 0.0156. The molecule has 0 aromatic rings. The maximum absolute atomic E-state index is 11.4. The highest BCUT2D eigenvalue weighted by Crippen LogP contribution is 2.13. The van der Waals surface area contributed by atoms with Crippen molar-refractivity contribution < 1.29 is 56.9 Å². The van der Waals surface area contributed by atoms with Crippen LogP contribution in [0.15, 0.2) is 24.3 Å². The van der Waals surface area contributed by atoms with Crippen molar-refractivity contribution >= 4 is 41.5 Å². The van der Waals surface area contributed by atoms with Gasteiger partial charge in [0.1, 0.15) is 0 Å². The molecule has 0 aliphatic carbocycles. The highest BCUT2D eigenvalue weighted by atomic mass is 19.4. The fraction of sp³-hybridized carbons (Fsp3) is 0.607. The maximum Gasteiger partial charge on any atom is 0.490 e. The van der Waals surface area contributed by atoms with Gasteiger partial charge in [0, 0.05) is 63.3 Å². The summed E-state index contributed by atoms with van der Waals surface area (Å²) in [5.74, 6) is -4.60. The van der Waals surface area contributed by atoms with Crippen LogP contribution in [-0.4, -0.2) is 93.8 Å². The number of carboxylic acid groups (broad SMARTS) is 2. The van der Waals surface area contributed by atoms with Crippen LogP contribution >= 0.6 is 0 Å². The Morgan fingerprint density at radius 2 is 1.11 bits per heavy atom. The smallest absolute Gasteiger partial charge is 0.481 e. The second-order valence-corrected chi connectivity index (χ2v) is 9.28. The first-order valence-electron chi connectivity index (χ1n) is 14.2. The minimum Gasteiger partial charge on any atom is -0.481 e. The minimum atomic E-state index is -5.08. The van der Waals surface area contributed by atoms with Gasteiger partial charge in [-0.1, -0.05) is 52.4 Å². The van der Waals surface area contributed by atoms with Crippen molar-refractivity contribution in [1.29, 1.82) is 0 Å². The lowest BCUT2D eigenvalue weighted by molar-refractivity contribution is -0.192. The van der Waals surface area contributed by atoms with Gasteiger partial charge in [0.05, 0.1) is 0 Å². The summed E-state index contributed by atoms with van der Waals surface area (Å²) >= 11 is 0. The Balaban J connectivity index is 0. The van der Waals surface area contributed by atoms with Crippen LogP contribution in [-0.2, 0) is 33.6 Å². The fourth-order valence-corrected chi connectivity index (χ4v) is 3.24. The van der Waals surface area contributed by atoms with Gasteiger partial charge in [-0.05, 0) is 12.8 Å². The molecule has 0 spiro atoms. The molecule has 0 aromatic carbocycles. The number of unbranched alkanes of at least 4 members (excludes halogenated alkanes) is 6. The van der Waals surface area contributed by atoms with Crippen molar-refractivity contribution in [2.75, 3.05) is 26.2 Å². The molecule has 0 radical (unpaired) electrons. The van der Waals surface area contributed by atoms with Crippen LogP contribution in [0, 0.1) is 0 Å². The number of nitrogens with one attached hydrogen (secondary N) is 1. The summed E-state index contributed by atoms with van der Waals surface area (Å²) in [6.45, 7) is 5.43. The van der Waals surface area contributed by atoms with Crippen LogP contribution < -0.4 is 11.1 Å². The molecule has 0 atom stereocenters. The van der Waals surface area contributed by atoms with Crippen LogP contribution in [0.3, 0.4) is 0 Å². The normalized spacial score (nSPS) is 13.5. The Hall–Kier alpha value is -4.08. The van der Waals surface area contributed by atoms with E-state index in [-0.39, 0.29) is 36.1 Å². The number of hydrogen-bond acceptors (Lipinski definition) is 8. The van der Waals surface area contributed by atoms with Gasteiger partial charge in [0.15, 0.2) is 0 Å². The molecule has 250 valence electrons. The van der Waals surface area contributed by atoms with E-state index >= 15 is 0 Å². The monoisotopic (exact) mass is 636 g/mol. The molecule has 5 amide bonds. The van der Waals surface area contributed by atoms with Crippen molar-refractivity contribution in [2.45, 2.75) is 84.2 Å². The molecular weight excluding hydrogens is 593 g/mol. The van der Waals surface area contributed by atoms with Gasteiger partial charge in [-0.15, -0.1) is 0 Å². The summed E-state index contributed by atoms with van der Waals surface area (Å²) in [5.41, 5.74) is 5.16. The predicted octanol–water partition coefficient (Wildman–Crippen LogP) is 2.54. The fourth-order valence-electron chi connectivity index (χ4n) is 3.24. The van der Waals surface area contributed by atoms with Crippen molar-refractivity contribution in [2.24, 2.45) is 5.73 Å². The van der Waals surface area contributed by atoms with Crippen LogP contribution in [0.5, 0.6) is 0 Å². The molecule has 0 saturated heterocycles. The van der Waals surface area contributed by atoms with E-state index < -0.39 is 18.1 Å². The number of carbonyl (C=O) groups excluding carboxylic acids is 5. The molecular formula is C28H43F3N4O9. The van der Waals surface area contributed by atoms with Crippen molar-refractivity contribution in [3.63, 3.8) is 0 Å². The first-order chi connectivity index (χ1) is 20.6. The number of alkyl halides is 3. The van der Waals surface area contributed by atoms with E-state index in [0.29, 0.717) is 32.5 Å². The molecule has 2 rings (SSSR count). The van der Waals surface area contributed by atoms with Gasteiger partial charge >= 0.3 is 18.1 Å². The number of aliphatic carboxylic acids is 2. The Kier molecular flexibility index (Phi) is 23.3. The third-order valence-corrected chi connectivity index (χ3v) is 5.56. The summed E-state index contributed by atoms with van der Waals surface area (Å²) in [4.78, 5) is 76.4. The molecule has 13 nitrogen and oxygen atoms in total. The van der Waals surface area contributed by atoms with Gasteiger partial charge in [-0.3, -0.25) is 38.6 Å². The first-order valence-corrected chi connectivity index (χ1v) is 14.2. The van der Waals surface area contributed by atoms with E-state index in [1.165, 1.54) is 30.7 Å². The highest BCUT2D eigenvalue weighted by molar-refractivity contribution is 6.13. The van der Waals surface area contributed by atoms with Gasteiger partial charge in [-0.2, -0.15) is 13.2 Å². The molecule has 0 saturated carbocycles. The molecule has 2 aliphatic heterocycles. The van der Waals surface area contributed by atoms with Gasteiger partial charge < -0.3 is 21.3 Å². The number of hydrogen-bond donors (Lipinski definition) is 4. The first kappa shape index (κ1) is 42.1. The third kappa shape index (κ3) is 21.6. The summed E-state index contributed by atoms with van der Waals surface area (Å²) in [6, 6.07) is 0. The predicted molar refractivity (Wildman–Crippen MR) is 153 cm³/mol. The molecule has 2 heterocycles. The van der Waals surface area contributed by atoms with Crippen LogP contribution in [0.2, 0.25) is 0 Å². The number of nitrogens with zero attached hydrogens (tertiary/aromatic N) is 2. The molecule has 0 unspecified atom stereocenters. The Bertz CT molecular complexity index is 979. The van der Waals surface area contributed by atoms with Crippen LogP contribution in [0.1, 0.15) is 78.1 Å². The molecule has 5 N–H and O–H groups in total. The second kappa shape index (κ2) is 24.4. The standard InChI is InChI=1S/C13H20N2O3.C7H14O2.C6H8N2O2.C2HF3O2/c1-2-3-4-5-6-11(16)14-9-10-15-12(17)7-8-13(15)18;1-2-3-4-5-6-7(8)9;7-3-4-8-5(9)1-2-6(8)10;3-2(4,5)1(6)7/h7-8H,2-6,9-10H2,1H3,(H,14,16);2-6H2,1H3,(H,8,9);1-2H,3-4,7H2;(H,6,7). The van der Waals surface area contributed by atoms with E-state index in [0.717, 1.165) is 54.7 Å². The number of carbonyl (C=O) groups is 7. The zero-order valence-corrected chi connectivity index (χ0v) is 25.1. The van der Waals surface area contributed by atoms with Crippen LogP contribution in [0.4, 0.5) is 13.2 Å². The molecule has 2 aliphatic rings. The van der Waals surface area contributed by atoms with E-state index in [1.807, 2.05) is 0 Å². The number of rotatable bonds is 15. The Morgan fingerprint density at radius 3 is 1.45 bits per heavy atom. The lowest BCUT2D eigenvalue weighted by Crippen LogP contribution is -2.38. The molecule has 0 aromatic heterocycles. The molecule has 16 heteroatoms. The van der Waals surface area contributed by atoms with Gasteiger partial charge in [0.25, 0.3) is 23.6 Å².